The van der Waals surface area contributed by atoms with E-state index in [0.29, 0.717) is 0 Å². The second kappa shape index (κ2) is 8.32. The van der Waals surface area contributed by atoms with E-state index in [2.05, 4.69) is 103 Å². The highest BCUT2D eigenvalue weighted by Gasteiger charge is 2.26. The van der Waals surface area contributed by atoms with E-state index in [1.54, 1.807) is 0 Å². The van der Waals surface area contributed by atoms with Crippen molar-refractivity contribution in [2.45, 2.75) is 32.2 Å². The smallest absolute Gasteiger partial charge is 0.281 e. The molecule has 0 aliphatic carbocycles. The van der Waals surface area contributed by atoms with E-state index in [9.17, 15) is 0 Å². The van der Waals surface area contributed by atoms with Gasteiger partial charge in [-0.05, 0) is 55.3 Å². The zero-order valence-electron chi connectivity index (χ0n) is 19.0. The number of aryl methyl sites for hydroxylation is 1. The third-order valence-corrected chi connectivity index (χ3v) is 9.88. The molecule has 33 heavy (non-hydrogen) atoms. The maximum Gasteiger partial charge on any atom is 0.281 e. The van der Waals surface area contributed by atoms with Crippen LogP contribution in [0, 0.1) is 0 Å². The van der Waals surface area contributed by atoms with Crippen molar-refractivity contribution in [3.8, 4) is 0 Å². The predicted octanol–water partition coefficient (Wildman–Crippen LogP) is 8.45. The molecule has 0 saturated carbocycles. The third-order valence-electron chi connectivity index (χ3n) is 6.21. The average molecular weight is 486 g/mol. The molecule has 0 spiro atoms. The molecule has 5 aromatic rings. The lowest BCUT2D eigenvalue weighted by molar-refractivity contribution is -0.663. The highest BCUT2D eigenvalue weighted by Crippen LogP contribution is 2.49. The van der Waals surface area contributed by atoms with Gasteiger partial charge in [0.25, 0.3) is 9.84 Å². The summed E-state index contributed by atoms with van der Waals surface area (Å²) >= 11 is 5.72. The van der Waals surface area contributed by atoms with Gasteiger partial charge in [-0.2, -0.15) is 4.57 Å². The number of allylic oxidation sites excluding steroid dienone is 2. The van der Waals surface area contributed by atoms with E-state index in [1.165, 1.54) is 56.6 Å². The predicted molar refractivity (Wildman–Crippen MR) is 148 cm³/mol. The molecule has 0 atom stereocenters. The standard InChI is InChI=1S/C28H25N2S3/c1-4-29-22-15-14-19-10-6-7-11-20(19)26(22)32-24(29)16-18(3)17-25-30(5-2)28-27(33-25)21-12-8-9-13-23(21)31-28/h6-17H,4-5H2,1-3H3/q+1. The molecular weight excluding hydrogens is 461 g/mol. The van der Waals surface area contributed by atoms with Gasteiger partial charge >= 0.3 is 0 Å². The van der Waals surface area contributed by atoms with E-state index in [-0.39, 0.29) is 0 Å². The molecule has 0 unspecified atom stereocenters. The second-order valence-electron chi connectivity index (χ2n) is 8.27. The van der Waals surface area contributed by atoms with Crippen molar-refractivity contribution in [1.82, 2.24) is 0 Å². The van der Waals surface area contributed by atoms with E-state index in [4.69, 9.17) is 0 Å². The Morgan fingerprint density at radius 2 is 1.73 bits per heavy atom. The van der Waals surface area contributed by atoms with E-state index in [0.717, 1.165) is 13.1 Å². The van der Waals surface area contributed by atoms with Gasteiger partial charge in [-0.3, -0.25) is 0 Å². The van der Waals surface area contributed by atoms with Gasteiger partial charge in [-0.1, -0.05) is 83.0 Å². The zero-order valence-corrected chi connectivity index (χ0v) is 21.4. The topological polar surface area (TPSA) is 7.12 Å². The minimum absolute atomic E-state index is 0.965. The van der Waals surface area contributed by atoms with Crippen LogP contribution in [0.3, 0.4) is 0 Å². The van der Waals surface area contributed by atoms with Gasteiger partial charge in [-0.25, -0.2) is 0 Å². The van der Waals surface area contributed by atoms with Crippen molar-refractivity contribution >= 4 is 76.6 Å². The van der Waals surface area contributed by atoms with Gasteiger partial charge in [0, 0.05) is 27.6 Å². The van der Waals surface area contributed by atoms with Gasteiger partial charge < -0.3 is 4.90 Å². The summed E-state index contributed by atoms with van der Waals surface area (Å²) in [5.41, 5.74) is 2.61. The highest BCUT2D eigenvalue weighted by molar-refractivity contribution is 8.04. The molecule has 3 heterocycles. The van der Waals surface area contributed by atoms with E-state index >= 15 is 0 Å². The Labute approximate surface area is 206 Å². The third kappa shape index (κ3) is 3.41. The number of rotatable bonds is 4. The van der Waals surface area contributed by atoms with Crippen molar-refractivity contribution in [2.75, 3.05) is 11.4 Å². The lowest BCUT2D eigenvalue weighted by atomic mass is 10.1. The fourth-order valence-corrected chi connectivity index (χ4v) is 8.83. The number of thioether (sulfide) groups is 1. The molecule has 0 bridgehead atoms. The Bertz CT molecular complexity index is 1590. The number of benzene rings is 3. The van der Waals surface area contributed by atoms with Crippen molar-refractivity contribution < 1.29 is 4.57 Å². The molecule has 0 N–H and O–H groups in total. The summed E-state index contributed by atoms with van der Waals surface area (Å²) in [6, 6.07) is 22.0. The number of hydrogen-bond acceptors (Lipinski definition) is 4. The quantitative estimate of drug-likeness (QED) is 0.236. The van der Waals surface area contributed by atoms with Gasteiger partial charge in [0.1, 0.15) is 11.2 Å². The number of aromatic nitrogens is 1. The number of thiophene rings is 1. The molecule has 1 aliphatic rings. The van der Waals surface area contributed by atoms with Crippen LogP contribution in [0.4, 0.5) is 5.69 Å². The molecule has 0 radical (unpaired) electrons. The number of anilines is 1. The van der Waals surface area contributed by atoms with Crippen LogP contribution in [0.2, 0.25) is 0 Å². The Kier molecular flexibility index (Phi) is 5.28. The lowest BCUT2D eigenvalue weighted by Gasteiger charge is -2.18. The van der Waals surface area contributed by atoms with Crippen molar-refractivity contribution in [3.05, 3.63) is 82.3 Å². The number of hydrogen-bond donors (Lipinski definition) is 0. The number of nitrogens with zero attached hydrogens (tertiary/aromatic N) is 2. The lowest BCUT2D eigenvalue weighted by Crippen LogP contribution is -2.32. The van der Waals surface area contributed by atoms with Crippen molar-refractivity contribution in [2.24, 2.45) is 0 Å². The highest BCUT2D eigenvalue weighted by atomic mass is 32.2. The van der Waals surface area contributed by atoms with Crippen LogP contribution in [-0.4, -0.2) is 6.54 Å². The van der Waals surface area contributed by atoms with Crippen molar-refractivity contribution in [1.29, 1.82) is 0 Å². The molecule has 3 aromatic carbocycles. The first-order chi connectivity index (χ1) is 16.2. The van der Waals surface area contributed by atoms with Crippen LogP contribution in [0.15, 0.2) is 82.2 Å². The SMILES string of the molecule is CCN1/C(=C/C(C)=C/c2sc3c4ccccc4sc3[n+]2CC)Sc2c1ccc1ccccc21. The number of fused-ring (bicyclic) bond motifs is 6. The second-order valence-corrected chi connectivity index (χ2v) is 11.4. The molecule has 6 rings (SSSR count). The van der Waals surface area contributed by atoms with Gasteiger partial charge in [0.15, 0.2) is 0 Å². The van der Waals surface area contributed by atoms with Gasteiger partial charge in [-0.15, -0.1) is 0 Å². The van der Waals surface area contributed by atoms with Crippen LogP contribution in [-0.2, 0) is 6.54 Å². The molecule has 2 aromatic heterocycles. The molecule has 0 amide bonds. The van der Waals surface area contributed by atoms with Crippen LogP contribution < -0.4 is 9.47 Å². The first-order valence-electron chi connectivity index (χ1n) is 11.4. The minimum atomic E-state index is 0.965. The van der Waals surface area contributed by atoms with Gasteiger partial charge in [0.2, 0.25) is 0 Å². The molecule has 0 saturated heterocycles. The minimum Gasteiger partial charge on any atom is -0.335 e. The Morgan fingerprint density at radius 3 is 2.55 bits per heavy atom. The van der Waals surface area contributed by atoms with E-state index < -0.39 is 0 Å². The molecule has 2 nitrogen and oxygen atoms in total. The number of thiazole rings is 1. The largest absolute Gasteiger partial charge is 0.335 e. The fourth-order valence-electron chi connectivity index (χ4n) is 4.65. The summed E-state index contributed by atoms with van der Waals surface area (Å²) in [5, 5.41) is 6.67. The molecule has 5 heteroatoms. The normalized spacial score (nSPS) is 15.4. The Balaban J connectivity index is 1.41. The monoisotopic (exact) mass is 485 g/mol. The molecule has 0 fully saturated rings. The van der Waals surface area contributed by atoms with E-state index in [1.807, 2.05) is 34.4 Å². The first kappa shape index (κ1) is 21.0. The summed E-state index contributed by atoms with van der Waals surface area (Å²) in [5.74, 6) is 0. The summed E-state index contributed by atoms with van der Waals surface area (Å²) in [6.07, 6.45) is 4.72. The Hall–Kier alpha value is -2.60. The van der Waals surface area contributed by atoms with Crippen LogP contribution in [0.5, 0.6) is 0 Å². The van der Waals surface area contributed by atoms with Crippen LogP contribution in [0.1, 0.15) is 25.8 Å². The molecule has 1 aliphatic heterocycles. The van der Waals surface area contributed by atoms with Gasteiger partial charge in [0.05, 0.1) is 10.7 Å². The fraction of sp³-hybridized carbons (Fsp3) is 0.179. The van der Waals surface area contributed by atoms with Crippen molar-refractivity contribution in [3.63, 3.8) is 0 Å². The first-order valence-corrected chi connectivity index (χ1v) is 13.8. The molecule has 164 valence electrons. The summed E-state index contributed by atoms with van der Waals surface area (Å²) < 4.78 is 5.25. The summed E-state index contributed by atoms with van der Waals surface area (Å²) in [7, 11) is 0. The summed E-state index contributed by atoms with van der Waals surface area (Å²) in [4.78, 5) is 5.21. The zero-order chi connectivity index (χ0) is 22.5. The summed E-state index contributed by atoms with van der Waals surface area (Å²) in [6.45, 7) is 8.66. The van der Waals surface area contributed by atoms with Crippen LogP contribution in [0.25, 0.3) is 36.5 Å². The average Bonchev–Trinajstić information content (AvgIpc) is 3.47. The maximum absolute atomic E-state index is 2.47. The maximum atomic E-state index is 2.47. The molecular formula is C28H25N2S3+. The van der Waals surface area contributed by atoms with Crippen LogP contribution >= 0.6 is 34.4 Å². The Morgan fingerprint density at radius 1 is 0.939 bits per heavy atom.